The first-order valence-electron chi connectivity index (χ1n) is 5.79. The van der Waals surface area contributed by atoms with E-state index in [-0.39, 0.29) is 0 Å². The van der Waals surface area contributed by atoms with Gasteiger partial charge in [0.1, 0.15) is 0 Å². The smallest absolute Gasteiger partial charge is 0.226 e. The molecule has 0 fully saturated rings. The minimum Gasteiger partial charge on any atom is -0.339 e. The Kier molecular flexibility index (Phi) is 4.21. The van der Waals surface area contributed by atoms with Gasteiger partial charge in [0.25, 0.3) is 0 Å². The SMILES string of the molecule is NCCCCc1nc(Cc2cccnc2)no1. The summed E-state index contributed by atoms with van der Waals surface area (Å²) in [6.45, 7) is 0.705. The second-order valence-corrected chi connectivity index (χ2v) is 3.89. The van der Waals surface area contributed by atoms with E-state index >= 15 is 0 Å². The van der Waals surface area contributed by atoms with E-state index in [9.17, 15) is 0 Å². The zero-order valence-electron chi connectivity index (χ0n) is 9.67. The van der Waals surface area contributed by atoms with Crippen LogP contribution in [0.3, 0.4) is 0 Å². The number of hydrogen-bond acceptors (Lipinski definition) is 5. The van der Waals surface area contributed by atoms with Crippen LogP contribution in [0.1, 0.15) is 30.1 Å². The number of nitrogens with zero attached hydrogens (tertiary/aromatic N) is 3. The zero-order chi connectivity index (χ0) is 11.9. The summed E-state index contributed by atoms with van der Waals surface area (Å²) in [6.07, 6.45) is 7.00. The molecule has 0 spiro atoms. The summed E-state index contributed by atoms with van der Waals surface area (Å²) in [4.78, 5) is 8.38. The fourth-order valence-electron chi connectivity index (χ4n) is 1.57. The van der Waals surface area contributed by atoms with Crippen molar-refractivity contribution in [2.45, 2.75) is 25.7 Å². The highest BCUT2D eigenvalue weighted by atomic mass is 16.5. The Balaban J connectivity index is 1.90. The second kappa shape index (κ2) is 6.10. The van der Waals surface area contributed by atoms with E-state index in [1.165, 1.54) is 0 Å². The van der Waals surface area contributed by atoms with Crippen molar-refractivity contribution in [3.8, 4) is 0 Å². The highest BCUT2D eigenvalue weighted by molar-refractivity contribution is 5.13. The number of hydrogen-bond donors (Lipinski definition) is 1. The molecule has 5 heteroatoms. The Morgan fingerprint density at radius 2 is 2.24 bits per heavy atom. The molecule has 0 aliphatic heterocycles. The average molecular weight is 232 g/mol. The molecule has 0 radical (unpaired) electrons. The number of aromatic nitrogens is 3. The van der Waals surface area contributed by atoms with Crippen LogP contribution in [0.5, 0.6) is 0 Å². The predicted octanol–water partition coefficient (Wildman–Crippen LogP) is 1.34. The Hall–Kier alpha value is -1.75. The van der Waals surface area contributed by atoms with Crippen LogP contribution in [-0.2, 0) is 12.8 Å². The van der Waals surface area contributed by atoms with Crippen LogP contribution in [0, 0.1) is 0 Å². The highest BCUT2D eigenvalue weighted by Crippen LogP contribution is 2.07. The van der Waals surface area contributed by atoms with Crippen LogP contribution in [0.25, 0.3) is 0 Å². The standard InChI is InChI=1S/C12H16N4O/c13-6-2-1-5-12-15-11(16-17-12)8-10-4-3-7-14-9-10/h3-4,7,9H,1-2,5-6,8,13H2. The first kappa shape index (κ1) is 11.7. The van der Waals surface area contributed by atoms with E-state index in [1.54, 1.807) is 6.20 Å². The molecule has 5 nitrogen and oxygen atoms in total. The van der Waals surface area contributed by atoms with Gasteiger partial charge in [0.2, 0.25) is 5.89 Å². The third kappa shape index (κ3) is 3.64. The molecule has 0 atom stereocenters. The molecule has 2 N–H and O–H groups in total. The van der Waals surface area contributed by atoms with E-state index in [1.807, 2.05) is 18.3 Å². The van der Waals surface area contributed by atoms with Crippen LogP contribution in [0.4, 0.5) is 0 Å². The van der Waals surface area contributed by atoms with Crippen molar-refractivity contribution >= 4 is 0 Å². The zero-order valence-corrected chi connectivity index (χ0v) is 9.67. The maximum atomic E-state index is 5.43. The predicted molar refractivity (Wildman–Crippen MR) is 63.3 cm³/mol. The number of pyridine rings is 1. The van der Waals surface area contributed by atoms with Crippen LogP contribution in [0.2, 0.25) is 0 Å². The van der Waals surface area contributed by atoms with Crippen molar-refractivity contribution in [2.75, 3.05) is 6.54 Å². The van der Waals surface area contributed by atoms with Gasteiger partial charge >= 0.3 is 0 Å². The number of unbranched alkanes of at least 4 members (excludes halogenated alkanes) is 1. The Bertz CT molecular complexity index is 441. The van der Waals surface area contributed by atoms with Gasteiger partial charge in [-0.2, -0.15) is 4.98 Å². The molecule has 2 rings (SSSR count). The lowest BCUT2D eigenvalue weighted by Crippen LogP contribution is -1.99. The molecule has 0 aromatic carbocycles. The van der Waals surface area contributed by atoms with Crippen LogP contribution in [0.15, 0.2) is 29.0 Å². The summed E-state index contributed by atoms with van der Waals surface area (Å²) < 4.78 is 5.16. The lowest BCUT2D eigenvalue weighted by atomic mass is 10.2. The van der Waals surface area contributed by atoms with E-state index in [0.717, 1.165) is 24.8 Å². The highest BCUT2D eigenvalue weighted by Gasteiger charge is 2.06. The summed E-state index contributed by atoms with van der Waals surface area (Å²) in [5, 5.41) is 3.95. The maximum absolute atomic E-state index is 5.43. The molecule has 17 heavy (non-hydrogen) atoms. The van der Waals surface area contributed by atoms with Crippen molar-refractivity contribution in [3.05, 3.63) is 41.8 Å². The summed E-state index contributed by atoms with van der Waals surface area (Å²) in [6, 6.07) is 3.90. The molecule has 2 heterocycles. The van der Waals surface area contributed by atoms with Crippen molar-refractivity contribution in [1.29, 1.82) is 0 Å². The molecule has 90 valence electrons. The van der Waals surface area contributed by atoms with Gasteiger partial charge in [-0.15, -0.1) is 0 Å². The van der Waals surface area contributed by atoms with Crippen molar-refractivity contribution in [1.82, 2.24) is 15.1 Å². The number of rotatable bonds is 6. The molecule has 0 bridgehead atoms. The fraction of sp³-hybridized carbons (Fsp3) is 0.417. The minimum absolute atomic E-state index is 0.661. The summed E-state index contributed by atoms with van der Waals surface area (Å²) >= 11 is 0. The van der Waals surface area contributed by atoms with Gasteiger partial charge in [0, 0.05) is 25.2 Å². The Morgan fingerprint density at radius 1 is 1.29 bits per heavy atom. The molecule has 2 aromatic rings. The molecule has 0 unspecified atom stereocenters. The Morgan fingerprint density at radius 3 is 3.00 bits per heavy atom. The third-order valence-electron chi connectivity index (χ3n) is 2.44. The number of aryl methyl sites for hydroxylation is 1. The van der Waals surface area contributed by atoms with Crippen molar-refractivity contribution in [2.24, 2.45) is 5.73 Å². The fourth-order valence-corrected chi connectivity index (χ4v) is 1.57. The van der Waals surface area contributed by atoms with Crippen molar-refractivity contribution < 1.29 is 4.52 Å². The van der Waals surface area contributed by atoms with Gasteiger partial charge in [-0.3, -0.25) is 4.98 Å². The lowest BCUT2D eigenvalue weighted by molar-refractivity contribution is 0.370. The third-order valence-corrected chi connectivity index (χ3v) is 2.44. The second-order valence-electron chi connectivity index (χ2n) is 3.89. The normalized spacial score (nSPS) is 10.6. The monoisotopic (exact) mass is 232 g/mol. The van der Waals surface area contributed by atoms with Gasteiger partial charge in [-0.1, -0.05) is 11.2 Å². The Labute approximate surface area is 100 Å². The number of nitrogens with two attached hydrogens (primary N) is 1. The first-order chi connectivity index (χ1) is 8.38. The van der Waals surface area contributed by atoms with Gasteiger partial charge in [0.15, 0.2) is 5.82 Å². The molecular formula is C12H16N4O. The van der Waals surface area contributed by atoms with E-state index in [4.69, 9.17) is 10.3 Å². The van der Waals surface area contributed by atoms with Gasteiger partial charge in [0.05, 0.1) is 0 Å². The first-order valence-corrected chi connectivity index (χ1v) is 5.79. The van der Waals surface area contributed by atoms with E-state index < -0.39 is 0 Å². The average Bonchev–Trinajstić information content (AvgIpc) is 2.79. The van der Waals surface area contributed by atoms with Crippen LogP contribution >= 0.6 is 0 Å². The van der Waals surface area contributed by atoms with Crippen LogP contribution in [-0.4, -0.2) is 21.7 Å². The molecule has 2 aromatic heterocycles. The molecular weight excluding hydrogens is 216 g/mol. The lowest BCUT2D eigenvalue weighted by Gasteiger charge is -1.93. The van der Waals surface area contributed by atoms with Gasteiger partial charge < -0.3 is 10.3 Å². The largest absolute Gasteiger partial charge is 0.339 e. The van der Waals surface area contributed by atoms with Gasteiger partial charge in [-0.05, 0) is 31.0 Å². The maximum Gasteiger partial charge on any atom is 0.226 e. The van der Waals surface area contributed by atoms with Crippen LogP contribution < -0.4 is 5.73 Å². The quantitative estimate of drug-likeness (QED) is 0.760. The van der Waals surface area contributed by atoms with Crippen molar-refractivity contribution in [3.63, 3.8) is 0 Å². The molecule has 0 aliphatic carbocycles. The van der Waals surface area contributed by atoms with Gasteiger partial charge in [-0.25, -0.2) is 0 Å². The van der Waals surface area contributed by atoms with E-state index in [0.29, 0.717) is 24.7 Å². The van der Waals surface area contributed by atoms with E-state index in [2.05, 4.69) is 15.1 Å². The topological polar surface area (TPSA) is 77.8 Å². The molecule has 0 saturated carbocycles. The summed E-state index contributed by atoms with van der Waals surface area (Å²) in [5.41, 5.74) is 6.51. The minimum atomic E-state index is 0.661. The molecule has 0 amide bonds. The summed E-state index contributed by atoms with van der Waals surface area (Å²) in [5.74, 6) is 1.40. The molecule has 0 aliphatic rings. The molecule has 0 saturated heterocycles. The summed E-state index contributed by atoms with van der Waals surface area (Å²) in [7, 11) is 0.